The molecule has 1 aromatic rings. The molecule has 1 aromatic carbocycles. The molecule has 0 radical (unpaired) electrons. The topological polar surface area (TPSA) is 49.7 Å². The summed E-state index contributed by atoms with van der Waals surface area (Å²) in [7, 11) is -1.87. The second-order valence-electron chi connectivity index (χ2n) is 3.78. The first-order chi connectivity index (χ1) is 8.74. The van der Waals surface area contributed by atoms with Crippen molar-refractivity contribution < 1.29 is 36.7 Å². The number of halogens is 5. The van der Waals surface area contributed by atoms with Crippen molar-refractivity contribution >= 4 is 12.6 Å². The lowest BCUT2D eigenvalue weighted by Gasteiger charge is -2.15. The molecule has 2 N–H and O–H groups in total. The zero-order valence-corrected chi connectivity index (χ0v) is 9.49. The van der Waals surface area contributed by atoms with Gasteiger partial charge in [-0.3, -0.25) is 0 Å². The molecule has 3 nitrogen and oxygen atoms in total. The summed E-state index contributed by atoms with van der Waals surface area (Å²) in [5.41, 5.74) is -0.284. The van der Waals surface area contributed by atoms with E-state index in [1.165, 1.54) is 0 Å². The van der Waals surface area contributed by atoms with Gasteiger partial charge in [0.2, 0.25) is 0 Å². The van der Waals surface area contributed by atoms with Gasteiger partial charge in [-0.2, -0.15) is 8.78 Å². The Morgan fingerprint density at radius 1 is 1.26 bits per heavy atom. The van der Waals surface area contributed by atoms with E-state index in [-0.39, 0.29) is 11.0 Å². The van der Waals surface area contributed by atoms with Gasteiger partial charge in [0, 0.05) is 5.56 Å². The van der Waals surface area contributed by atoms with Crippen LogP contribution >= 0.6 is 0 Å². The second-order valence-corrected chi connectivity index (χ2v) is 3.78. The minimum Gasteiger partial charge on any atom is -0.423 e. The quantitative estimate of drug-likeness (QED) is 0.603. The highest BCUT2D eigenvalue weighted by molar-refractivity contribution is 6.58. The molecule has 9 heteroatoms. The molecule has 0 atom stereocenters. The minimum atomic E-state index is -4.29. The molecule has 19 heavy (non-hydrogen) atoms. The largest absolute Gasteiger partial charge is 0.488 e. The Balaban J connectivity index is 2.59. The van der Waals surface area contributed by atoms with E-state index in [0.29, 0.717) is 0 Å². The summed E-state index contributed by atoms with van der Waals surface area (Å²) in [4.78, 5) is 0. The summed E-state index contributed by atoms with van der Waals surface area (Å²) in [6.45, 7) is -2.16. The van der Waals surface area contributed by atoms with Crippen LogP contribution in [-0.4, -0.2) is 36.1 Å². The maximum atomic E-state index is 13.4. The zero-order chi connectivity index (χ0) is 14.6. The van der Waals surface area contributed by atoms with Gasteiger partial charge in [-0.15, -0.1) is 0 Å². The molecule has 0 heterocycles. The Kier molecular flexibility index (Phi) is 5.27. The predicted octanol–water partition coefficient (Wildman–Crippen LogP) is 0.922. The number of benzene rings is 1. The lowest BCUT2D eigenvalue weighted by Crippen LogP contribution is -2.32. The fourth-order valence-electron chi connectivity index (χ4n) is 1.20. The third-order valence-corrected chi connectivity index (χ3v) is 2.25. The first-order valence-electron chi connectivity index (χ1n) is 5.12. The van der Waals surface area contributed by atoms with E-state index in [1.54, 1.807) is 0 Å². The van der Waals surface area contributed by atoms with Crippen molar-refractivity contribution in [2.45, 2.75) is 19.0 Å². The first-order valence-corrected chi connectivity index (χ1v) is 5.12. The van der Waals surface area contributed by atoms with Crippen LogP contribution in [0, 0.1) is 5.82 Å². The molecule has 0 saturated carbocycles. The fraction of sp³-hybridized carbons (Fsp3) is 0.400. The SMILES string of the molecule is OB(O)c1ccc(COCC(F)(F)C(F)F)c(F)c1. The molecule has 0 aliphatic rings. The molecule has 0 amide bonds. The fourth-order valence-corrected chi connectivity index (χ4v) is 1.20. The van der Waals surface area contributed by atoms with Gasteiger partial charge in [-0.05, 0) is 11.5 Å². The normalized spacial score (nSPS) is 12.0. The maximum Gasteiger partial charge on any atom is 0.488 e. The monoisotopic (exact) mass is 284 g/mol. The van der Waals surface area contributed by atoms with E-state index in [9.17, 15) is 22.0 Å². The summed E-state index contributed by atoms with van der Waals surface area (Å²) >= 11 is 0. The van der Waals surface area contributed by atoms with Gasteiger partial charge in [0.15, 0.2) is 0 Å². The second kappa shape index (κ2) is 6.31. The van der Waals surface area contributed by atoms with Crippen molar-refractivity contribution in [3.63, 3.8) is 0 Å². The van der Waals surface area contributed by atoms with Gasteiger partial charge in [0.25, 0.3) is 0 Å². The predicted molar refractivity (Wildman–Crippen MR) is 56.8 cm³/mol. The molecule has 0 aliphatic carbocycles. The van der Waals surface area contributed by atoms with Crippen LogP contribution in [0.15, 0.2) is 18.2 Å². The highest BCUT2D eigenvalue weighted by atomic mass is 19.3. The van der Waals surface area contributed by atoms with E-state index < -0.39 is 38.5 Å². The number of rotatable bonds is 6. The van der Waals surface area contributed by atoms with Crippen LogP contribution in [-0.2, 0) is 11.3 Å². The molecule has 0 aromatic heterocycles. The van der Waals surface area contributed by atoms with Gasteiger partial charge in [0.1, 0.15) is 12.4 Å². The van der Waals surface area contributed by atoms with E-state index in [2.05, 4.69) is 4.74 Å². The molecule has 0 saturated heterocycles. The average molecular weight is 284 g/mol. The molecule has 0 unspecified atom stereocenters. The van der Waals surface area contributed by atoms with Crippen LogP contribution in [0.2, 0.25) is 0 Å². The van der Waals surface area contributed by atoms with Crippen LogP contribution in [0.5, 0.6) is 0 Å². The van der Waals surface area contributed by atoms with Crippen LogP contribution < -0.4 is 5.46 Å². The molecule has 1 rings (SSSR count). The van der Waals surface area contributed by atoms with Gasteiger partial charge in [-0.1, -0.05) is 12.1 Å². The van der Waals surface area contributed by atoms with E-state index >= 15 is 0 Å². The zero-order valence-electron chi connectivity index (χ0n) is 9.49. The smallest absolute Gasteiger partial charge is 0.423 e. The highest BCUT2D eigenvalue weighted by Crippen LogP contribution is 2.23. The van der Waals surface area contributed by atoms with Crippen LogP contribution in [0.4, 0.5) is 22.0 Å². The van der Waals surface area contributed by atoms with Crippen LogP contribution in [0.25, 0.3) is 0 Å². The van der Waals surface area contributed by atoms with Crippen molar-refractivity contribution in [2.75, 3.05) is 6.61 Å². The number of alkyl halides is 4. The lowest BCUT2D eigenvalue weighted by atomic mass is 9.80. The van der Waals surface area contributed by atoms with Crippen molar-refractivity contribution in [2.24, 2.45) is 0 Å². The van der Waals surface area contributed by atoms with Crippen molar-refractivity contribution in [1.82, 2.24) is 0 Å². The number of hydrogen-bond donors (Lipinski definition) is 2. The summed E-state index contributed by atoms with van der Waals surface area (Å²) in [5.74, 6) is -5.21. The average Bonchev–Trinajstić information content (AvgIpc) is 2.30. The molecular formula is C10H10BF5O3. The third-order valence-electron chi connectivity index (χ3n) is 2.25. The number of ether oxygens (including phenoxy) is 1. The van der Waals surface area contributed by atoms with Gasteiger partial charge in [0.05, 0.1) is 6.61 Å². The molecule has 0 aliphatic heterocycles. The Morgan fingerprint density at radius 3 is 2.37 bits per heavy atom. The first kappa shape index (κ1) is 15.9. The van der Waals surface area contributed by atoms with Gasteiger partial charge >= 0.3 is 19.5 Å². The maximum absolute atomic E-state index is 13.4. The van der Waals surface area contributed by atoms with E-state index in [1.807, 2.05) is 0 Å². The Hall–Kier alpha value is -1.19. The Morgan fingerprint density at radius 2 is 1.89 bits per heavy atom. The standard InChI is InChI=1S/C10H10BF5O3/c12-8-3-7(11(17)18)2-1-6(8)4-19-5-10(15,16)9(13)14/h1-3,9,17-18H,4-5H2. The molecule has 0 spiro atoms. The van der Waals surface area contributed by atoms with Crippen LogP contribution in [0.1, 0.15) is 5.56 Å². The number of hydrogen-bond acceptors (Lipinski definition) is 3. The van der Waals surface area contributed by atoms with E-state index in [4.69, 9.17) is 10.0 Å². The Labute approximate surface area is 105 Å². The lowest BCUT2D eigenvalue weighted by molar-refractivity contribution is -0.168. The van der Waals surface area contributed by atoms with Crippen LogP contribution in [0.3, 0.4) is 0 Å². The summed E-state index contributed by atoms with van der Waals surface area (Å²) in [6, 6.07) is 3.02. The minimum absolute atomic E-state index is 0.126. The molecule has 0 fully saturated rings. The van der Waals surface area contributed by atoms with Crippen molar-refractivity contribution in [3.8, 4) is 0 Å². The highest BCUT2D eigenvalue weighted by Gasteiger charge is 2.40. The summed E-state index contributed by atoms with van der Waals surface area (Å²) < 4.78 is 66.3. The molecular weight excluding hydrogens is 274 g/mol. The Bertz CT molecular complexity index is 428. The van der Waals surface area contributed by atoms with Crippen molar-refractivity contribution in [1.29, 1.82) is 0 Å². The van der Waals surface area contributed by atoms with Crippen molar-refractivity contribution in [3.05, 3.63) is 29.6 Å². The summed E-state index contributed by atoms with van der Waals surface area (Å²) in [6.07, 6.45) is -3.86. The van der Waals surface area contributed by atoms with Gasteiger partial charge < -0.3 is 14.8 Å². The molecule has 0 bridgehead atoms. The third kappa shape index (κ3) is 4.44. The molecule has 106 valence electrons. The van der Waals surface area contributed by atoms with E-state index in [0.717, 1.165) is 18.2 Å². The van der Waals surface area contributed by atoms with Gasteiger partial charge in [-0.25, -0.2) is 13.2 Å². The summed E-state index contributed by atoms with van der Waals surface area (Å²) in [5, 5.41) is 17.5.